The minimum atomic E-state index is -1.13. The van der Waals surface area contributed by atoms with Crippen LogP contribution in [0.15, 0.2) is 42.5 Å². The van der Waals surface area contributed by atoms with Gasteiger partial charge in [-0.15, -0.1) is 0 Å². The summed E-state index contributed by atoms with van der Waals surface area (Å²) in [6, 6.07) is 11.8. The number of benzene rings is 2. The summed E-state index contributed by atoms with van der Waals surface area (Å²) in [5.41, 5.74) is -0.208. The van der Waals surface area contributed by atoms with Gasteiger partial charge in [0.1, 0.15) is 18.1 Å². The second kappa shape index (κ2) is 7.48. The highest BCUT2D eigenvalue weighted by molar-refractivity contribution is 6.30. The first-order chi connectivity index (χ1) is 12.8. The van der Waals surface area contributed by atoms with Crippen LogP contribution in [0.1, 0.15) is 24.2 Å². The van der Waals surface area contributed by atoms with Crippen LogP contribution >= 0.6 is 11.6 Å². The molecule has 0 unspecified atom stereocenters. The fraction of sp³-hybridized carbons (Fsp3) is 0.300. The van der Waals surface area contributed by atoms with Crippen molar-refractivity contribution in [3.8, 4) is 11.5 Å². The molecular weight excluding hydrogens is 368 g/mol. The molecule has 0 aromatic heterocycles. The number of likely N-dealkylation sites (N-methyl/N-ethyl adjacent to an activating group) is 1. The number of amides is 2. The molecule has 0 saturated heterocycles. The van der Waals surface area contributed by atoms with Gasteiger partial charge in [0.05, 0.1) is 12.1 Å². The van der Waals surface area contributed by atoms with Crippen LogP contribution in [0.3, 0.4) is 0 Å². The number of carbonyl (C=O) groups excluding carboxylic acids is 2. The second-order valence-electron chi connectivity index (χ2n) is 6.81. The summed E-state index contributed by atoms with van der Waals surface area (Å²) in [6.45, 7) is 4.28. The second-order valence-corrected chi connectivity index (χ2v) is 7.24. The number of fused-ring (bicyclic) bond motifs is 1. The monoisotopic (exact) mass is 388 g/mol. The molecule has 1 aliphatic heterocycles. The number of nitrogens with one attached hydrogen (secondary N) is 1. The maximum atomic E-state index is 12.7. The van der Waals surface area contributed by atoms with Gasteiger partial charge in [-0.3, -0.25) is 9.59 Å². The van der Waals surface area contributed by atoms with Crippen molar-refractivity contribution < 1.29 is 19.1 Å². The van der Waals surface area contributed by atoms with Gasteiger partial charge in [-0.05, 0) is 56.3 Å². The van der Waals surface area contributed by atoms with Crippen molar-refractivity contribution in [3.05, 3.63) is 53.1 Å². The van der Waals surface area contributed by atoms with Gasteiger partial charge in [0.15, 0.2) is 5.60 Å². The van der Waals surface area contributed by atoms with Crippen LogP contribution in [0.4, 0.5) is 5.69 Å². The van der Waals surface area contributed by atoms with E-state index >= 15 is 0 Å². The first-order valence-electron chi connectivity index (χ1n) is 8.54. The number of ether oxygens (including phenoxy) is 2. The number of carbonyl (C=O) groups is 2. The molecule has 2 aromatic carbocycles. The molecule has 1 N–H and O–H groups in total. The summed E-state index contributed by atoms with van der Waals surface area (Å²) in [4.78, 5) is 26.7. The molecule has 2 aromatic rings. The SMILES string of the molecule is CN1CCOc2ccc(NC(=O)C(C)(C)Oc3ccc(Cl)cc3)cc2C1=O. The highest BCUT2D eigenvalue weighted by Crippen LogP contribution is 2.27. The number of anilines is 1. The lowest BCUT2D eigenvalue weighted by Crippen LogP contribution is -2.42. The Morgan fingerprint density at radius 3 is 2.63 bits per heavy atom. The Labute approximate surface area is 163 Å². The third-order valence-corrected chi connectivity index (χ3v) is 4.48. The standard InChI is InChI=1S/C20H21ClN2O4/c1-20(2,27-15-7-4-13(21)5-8-15)19(25)22-14-6-9-17-16(12-14)18(24)23(3)10-11-26-17/h4-9,12H,10-11H2,1-3H3,(H,22,25). The topological polar surface area (TPSA) is 67.9 Å². The van der Waals surface area contributed by atoms with Crippen LogP contribution < -0.4 is 14.8 Å². The largest absolute Gasteiger partial charge is 0.491 e. The van der Waals surface area contributed by atoms with E-state index in [1.807, 2.05) is 0 Å². The normalized spacial score (nSPS) is 14.1. The summed E-state index contributed by atoms with van der Waals surface area (Å²) in [7, 11) is 1.72. The fourth-order valence-corrected chi connectivity index (χ4v) is 2.75. The molecule has 0 saturated carbocycles. The lowest BCUT2D eigenvalue weighted by Gasteiger charge is -2.25. The molecule has 1 heterocycles. The van der Waals surface area contributed by atoms with Crippen molar-refractivity contribution in [1.29, 1.82) is 0 Å². The third kappa shape index (κ3) is 4.34. The van der Waals surface area contributed by atoms with Crippen LogP contribution in [-0.2, 0) is 4.79 Å². The molecule has 0 fully saturated rings. The van der Waals surface area contributed by atoms with Gasteiger partial charge >= 0.3 is 0 Å². The van der Waals surface area contributed by atoms with E-state index in [1.165, 1.54) is 0 Å². The zero-order valence-corrected chi connectivity index (χ0v) is 16.2. The molecule has 1 aliphatic rings. The summed E-state index contributed by atoms with van der Waals surface area (Å²) in [5.74, 6) is 0.564. The predicted molar refractivity (Wildman–Crippen MR) is 104 cm³/mol. The number of hydrogen-bond donors (Lipinski definition) is 1. The molecule has 0 aliphatic carbocycles. The van der Waals surface area contributed by atoms with Crippen LogP contribution in [0.2, 0.25) is 5.02 Å². The highest BCUT2D eigenvalue weighted by Gasteiger charge is 2.30. The number of halogens is 1. The van der Waals surface area contributed by atoms with Gasteiger partial charge in [0, 0.05) is 17.8 Å². The Kier molecular flexibility index (Phi) is 5.28. The molecule has 142 valence electrons. The van der Waals surface area contributed by atoms with Crippen LogP contribution in [0, 0.1) is 0 Å². The van der Waals surface area contributed by atoms with Gasteiger partial charge < -0.3 is 19.7 Å². The Hall–Kier alpha value is -2.73. The van der Waals surface area contributed by atoms with E-state index in [2.05, 4.69) is 5.32 Å². The third-order valence-electron chi connectivity index (χ3n) is 4.23. The van der Waals surface area contributed by atoms with E-state index in [9.17, 15) is 9.59 Å². The Balaban J connectivity index is 1.76. The summed E-state index contributed by atoms with van der Waals surface area (Å²) < 4.78 is 11.4. The van der Waals surface area contributed by atoms with Crippen molar-refractivity contribution >= 4 is 29.1 Å². The molecule has 0 spiro atoms. The van der Waals surface area contributed by atoms with Gasteiger partial charge in [-0.1, -0.05) is 11.6 Å². The van der Waals surface area contributed by atoms with E-state index < -0.39 is 5.60 Å². The average molecular weight is 389 g/mol. The molecule has 27 heavy (non-hydrogen) atoms. The van der Waals surface area contributed by atoms with Gasteiger partial charge in [-0.25, -0.2) is 0 Å². The lowest BCUT2D eigenvalue weighted by molar-refractivity contribution is -0.128. The number of hydrogen-bond acceptors (Lipinski definition) is 4. The zero-order chi connectivity index (χ0) is 19.6. The van der Waals surface area contributed by atoms with E-state index in [-0.39, 0.29) is 11.8 Å². The average Bonchev–Trinajstić information content (AvgIpc) is 2.76. The maximum absolute atomic E-state index is 12.7. The summed E-state index contributed by atoms with van der Waals surface area (Å²) >= 11 is 5.87. The summed E-state index contributed by atoms with van der Waals surface area (Å²) in [5, 5.41) is 3.39. The highest BCUT2D eigenvalue weighted by atomic mass is 35.5. The first kappa shape index (κ1) is 19.0. The number of nitrogens with zero attached hydrogens (tertiary/aromatic N) is 1. The Morgan fingerprint density at radius 1 is 1.22 bits per heavy atom. The van der Waals surface area contributed by atoms with Gasteiger partial charge in [-0.2, -0.15) is 0 Å². The van der Waals surface area contributed by atoms with Gasteiger partial charge in [0.25, 0.3) is 11.8 Å². The molecule has 0 radical (unpaired) electrons. The van der Waals surface area contributed by atoms with Crippen molar-refractivity contribution in [2.75, 3.05) is 25.5 Å². The van der Waals surface area contributed by atoms with E-state index in [0.29, 0.717) is 40.9 Å². The van der Waals surface area contributed by atoms with Gasteiger partial charge in [0.2, 0.25) is 0 Å². The maximum Gasteiger partial charge on any atom is 0.267 e. The van der Waals surface area contributed by atoms with Crippen LogP contribution in [0.25, 0.3) is 0 Å². The molecule has 0 atom stereocenters. The zero-order valence-electron chi connectivity index (χ0n) is 15.4. The molecular formula is C20H21ClN2O4. The smallest absolute Gasteiger partial charge is 0.267 e. The lowest BCUT2D eigenvalue weighted by atomic mass is 10.1. The fourth-order valence-electron chi connectivity index (χ4n) is 2.63. The first-order valence-corrected chi connectivity index (χ1v) is 8.92. The Morgan fingerprint density at radius 2 is 1.93 bits per heavy atom. The minimum Gasteiger partial charge on any atom is -0.491 e. The van der Waals surface area contributed by atoms with Crippen LogP contribution in [-0.4, -0.2) is 42.5 Å². The van der Waals surface area contributed by atoms with E-state index in [4.69, 9.17) is 21.1 Å². The Bertz CT molecular complexity index is 865. The van der Waals surface area contributed by atoms with E-state index in [0.717, 1.165) is 0 Å². The van der Waals surface area contributed by atoms with Crippen molar-refractivity contribution in [2.24, 2.45) is 0 Å². The van der Waals surface area contributed by atoms with Crippen molar-refractivity contribution in [3.63, 3.8) is 0 Å². The van der Waals surface area contributed by atoms with E-state index in [1.54, 1.807) is 68.3 Å². The quantitative estimate of drug-likeness (QED) is 0.868. The predicted octanol–water partition coefficient (Wildman–Crippen LogP) is 3.60. The minimum absolute atomic E-state index is 0.143. The van der Waals surface area contributed by atoms with Crippen LogP contribution in [0.5, 0.6) is 11.5 Å². The van der Waals surface area contributed by atoms with Crippen molar-refractivity contribution in [2.45, 2.75) is 19.4 Å². The molecule has 7 heteroatoms. The molecule has 6 nitrogen and oxygen atoms in total. The molecule has 3 rings (SSSR count). The molecule has 2 amide bonds. The summed E-state index contributed by atoms with van der Waals surface area (Å²) in [6.07, 6.45) is 0. The number of rotatable bonds is 4. The van der Waals surface area contributed by atoms with Crippen molar-refractivity contribution in [1.82, 2.24) is 4.90 Å². The molecule has 0 bridgehead atoms.